The second-order valence-corrected chi connectivity index (χ2v) is 3.73. The van der Waals surface area contributed by atoms with Gasteiger partial charge in [0, 0.05) is 13.5 Å². The number of Topliss-reactive ketones (excluding diaryl/α,β-unsaturated/α-hetero) is 1. The highest BCUT2D eigenvalue weighted by molar-refractivity contribution is 6.25. The summed E-state index contributed by atoms with van der Waals surface area (Å²) in [5, 5.41) is 2.43. The molecule has 0 saturated heterocycles. The van der Waals surface area contributed by atoms with Gasteiger partial charge in [-0.3, -0.25) is 9.59 Å². The molecule has 1 amide bonds. The van der Waals surface area contributed by atoms with E-state index in [4.69, 9.17) is 10.3 Å². The minimum atomic E-state index is -0.932. The van der Waals surface area contributed by atoms with Crippen LogP contribution < -0.4 is 5.32 Å². The average molecular weight is 272 g/mol. The first-order chi connectivity index (χ1) is 8.96. The SMILES string of the molecule is COC(=O)[C@H](CCC(=O)C=[N+]=N)NC(=O)[C@H](C)OC. The van der Waals surface area contributed by atoms with Crippen LogP contribution >= 0.6 is 0 Å². The molecule has 0 aliphatic rings. The highest BCUT2D eigenvalue weighted by Crippen LogP contribution is 2.01. The number of methoxy groups -OCH3 is 2. The molecule has 2 atom stereocenters. The topological polar surface area (TPSA) is 120 Å². The van der Waals surface area contributed by atoms with Gasteiger partial charge < -0.3 is 14.8 Å². The maximum absolute atomic E-state index is 11.6. The molecule has 0 aliphatic heterocycles. The van der Waals surface area contributed by atoms with Gasteiger partial charge in [0.25, 0.3) is 0 Å². The third kappa shape index (κ3) is 6.44. The molecular formula is C11H18N3O5+. The largest absolute Gasteiger partial charge is 0.467 e. The van der Waals surface area contributed by atoms with Gasteiger partial charge in [0.15, 0.2) is 0 Å². The molecule has 0 fully saturated rings. The second-order valence-electron chi connectivity index (χ2n) is 3.73. The van der Waals surface area contributed by atoms with Gasteiger partial charge in [0.1, 0.15) is 12.1 Å². The molecule has 0 unspecified atom stereocenters. The van der Waals surface area contributed by atoms with Gasteiger partial charge >= 0.3 is 12.2 Å². The van der Waals surface area contributed by atoms with E-state index in [0.29, 0.717) is 0 Å². The number of carbonyl (C=O) groups is 3. The Kier molecular flexibility index (Phi) is 7.99. The Labute approximate surface area is 110 Å². The first-order valence-corrected chi connectivity index (χ1v) is 5.59. The number of ether oxygens (including phenoxy) is 2. The first-order valence-electron chi connectivity index (χ1n) is 5.59. The van der Waals surface area contributed by atoms with E-state index < -0.39 is 29.8 Å². The lowest BCUT2D eigenvalue weighted by Gasteiger charge is -2.17. The monoisotopic (exact) mass is 272 g/mol. The van der Waals surface area contributed by atoms with Crippen LogP contribution in [-0.2, 0) is 23.9 Å². The van der Waals surface area contributed by atoms with Crippen LogP contribution in [0.1, 0.15) is 19.8 Å². The lowest BCUT2D eigenvalue weighted by atomic mass is 10.1. The van der Waals surface area contributed by atoms with Crippen LogP contribution in [0.3, 0.4) is 0 Å². The minimum Gasteiger partial charge on any atom is -0.467 e. The Morgan fingerprint density at radius 1 is 1.37 bits per heavy atom. The Morgan fingerprint density at radius 3 is 2.47 bits per heavy atom. The quantitative estimate of drug-likeness (QED) is 0.263. The van der Waals surface area contributed by atoms with Gasteiger partial charge in [-0.05, 0) is 13.3 Å². The van der Waals surface area contributed by atoms with Crippen molar-refractivity contribution in [1.29, 1.82) is 5.53 Å². The van der Waals surface area contributed by atoms with Gasteiger partial charge in [0.2, 0.25) is 11.7 Å². The van der Waals surface area contributed by atoms with Crippen LogP contribution in [0.25, 0.3) is 0 Å². The van der Waals surface area contributed by atoms with E-state index in [9.17, 15) is 14.4 Å². The lowest BCUT2D eigenvalue weighted by Crippen LogP contribution is -2.45. The van der Waals surface area contributed by atoms with Crippen molar-refractivity contribution in [2.45, 2.75) is 31.9 Å². The molecule has 0 radical (unpaired) electrons. The molecule has 2 N–H and O–H groups in total. The maximum atomic E-state index is 11.6. The van der Waals surface area contributed by atoms with E-state index in [0.717, 1.165) is 6.21 Å². The Hall–Kier alpha value is -2.05. The highest BCUT2D eigenvalue weighted by Gasteiger charge is 2.25. The molecule has 0 aromatic rings. The summed E-state index contributed by atoms with van der Waals surface area (Å²) in [7, 11) is 2.56. The summed E-state index contributed by atoms with van der Waals surface area (Å²) >= 11 is 0. The van der Waals surface area contributed by atoms with Gasteiger partial charge in [-0.15, -0.1) is 0 Å². The number of amides is 1. The van der Waals surface area contributed by atoms with Crippen molar-refractivity contribution in [2.24, 2.45) is 0 Å². The van der Waals surface area contributed by atoms with Crippen molar-refractivity contribution in [1.82, 2.24) is 5.32 Å². The van der Waals surface area contributed by atoms with E-state index >= 15 is 0 Å². The number of nitrogens with one attached hydrogen (secondary N) is 2. The number of carbonyl (C=O) groups excluding carboxylic acids is 3. The summed E-state index contributed by atoms with van der Waals surface area (Å²) < 4.78 is 9.36. The van der Waals surface area contributed by atoms with Crippen molar-refractivity contribution in [3.05, 3.63) is 0 Å². The smallest absolute Gasteiger partial charge is 0.372 e. The van der Waals surface area contributed by atoms with Gasteiger partial charge in [0.05, 0.1) is 17.4 Å². The van der Waals surface area contributed by atoms with Crippen molar-refractivity contribution < 1.29 is 28.6 Å². The van der Waals surface area contributed by atoms with E-state index in [1.54, 1.807) is 0 Å². The van der Waals surface area contributed by atoms with Crippen molar-refractivity contribution in [3.8, 4) is 0 Å². The van der Waals surface area contributed by atoms with Crippen LogP contribution in [0.15, 0.2) is 0 Å². The molecule has 0 spiro atoms. The van der Waals surface area contributed by atoms with Gasteiger partial charge in [-0.2, -0.15) is 0 Å². The summed E-state index contributed by atoms with van der Waals surface area (Å²) in [4.78, 5) is 37.1. The molecule has 0 heterocycles. The van der Waals surface area contributed by atoms with E-state index in [1.165, 1.54) is 21.1 Å². The van der Waals surface area contributed by atoms with Crippen LogP contribution in [0.2, 0.25) is 0 Å². The summed E-state index contributed by atoms with van der Waals surface area (Å²) in [5.74, 6) is -1.52. The number of ketones is 1. The zero-order chi connectivity index (χ0) is 14.8. The lowest BCUT2D eigenvalue weighted by molar-refractivity contribution is -0.146. The first kappa shape index (κ1) is 16.9. The molecule has 0 rings (SSSR count). The van der Waals surface area contributed by atoms with E-state index in [2.05, 4.69) is 14.8 Å². The fourth-order valence-electron chi connectivity index (χ4n) is 1.21. The zero-order valence-corrected chi connectivity index (χ0v) is 11.1. The number of esters is 1. The number of nitrogens with zero attached hydrogens (tertiary/aromatic N) is 1. The van der Waals surface area contributed by atoms with E-state index in [-0.39, 0.29) is 12.8 Å². The molecule has 0 aliphatic carbocycles. The molecule has 8 nitrogen and oxygen atoms in total. The second kappa shape index (κ2) is 8.96. The van der Waals surface area contributed by atoms with E-state index in [1.807, 2.05) is 0 Å². The highest BCUT2D eigenvalue weighted by atomic mass is 16.5. The third-order valence-electron chi connectivity index (χ3n) is 2.41. The molecule has 106 valence electrons. The Bertz CT molecular complexity index is 390. The zero-order valence-electron chi connectivity index (χ0n) is 11.1. The predicted octanol–water partition coefficient (Wildman–Crippen LogP) is -0.662. The molecule has 19 heavy (non-hydrogen) atoms. The normalized spacial score (nSPS) is 12.8. The van der Waals surface area contributed by atoms with Crippen LogP contribution in [0.5, 0.6) is 0 Å². The fourth-order valence-corrected chi connectivity index (χ4v) is 1.21. The molecule has 0 aromatic carbocycles. The fraction of sp³-hybridized carbons (Fsp3) is 0.636. The molecule has 0 bridgehead atoms. The van der Waals surface area contributed by atoms with Crippen molar-refractivity contribution >= 4 is 23.9 Å². The summed E-state index contributed by atoms with van der Waals surface area (Å²) in [5.41, 5.74) is 6.50. The van der Waals surface area contributed by atoms with Gasteiger partial charge in [-0.25, -0.2) is 4.79 Å². The van der Waals surface area contributed by atoms with Crippen LogP contribution in [0.4, 0.5) is 0 Å². The molecule has 8 heteroatoms. The number of hydrogen-bond acceptors (Lipinski definition) is 6. The standard InChI is InChI=1S/C11H17N3O5/c1-7(18-2)10(16)14-9(11(17)19-3)5-4-8(15)6-13-12/h6-7,9,12H,4-5H2,1-3H3/p+1/t7-,9-/m0/s1. The third-order valence-corrected chi connectivity index (χ3v) is 2.41. The van der Waals surface area contributed by atoms with Crippen molar-refractivity contribution in [2.75, 3.05) is 14.2 Å². The molecule has 0 aromatic heterocycles. The van der Waals surface area contributed by atoms with Crippen LogP contribution in [0, 0.1) is 5.53 Å². The summed E-state index contributed by atoms with van der Waals surface area (Å²) in [6.07, 6.45) is 0.176. The van der Waals surface area contributed by atoms with Gasteiger partial charge in [-0.1, -0.05) is 0 Å². The maximum Gasteiger partial charge on any atom is 0.372 e. The summed E-state index contributed by atoms with van der Waals surface area (Å²) in [6, 6.07) is -0.932. The average Bonchev–Trinajstić information content (AvgIpc) is 2.41. The molecule has 0 saturated carbocycles. The molecular weight excluding hydrogens is 254 g/mol. The number of rotatable bonds is 8. The predicted molar refractivity (Wildman–Crippen MR) is 63.7 cm³/mol. The summed E-state index contributed by atoms with van der Waals surface area (Å²) in [6.45, 7) is 1.53. The Morgan fingerprint density at radius 2 is 2.00 bits per heavy atom. The minimum absolute atomic E-state index is 0.0240. The van der Waals surface area contributed by atoms with Crippen LogP contribution in [-0.4, -0.2) is 55.0 Å². The Balaban J connectivity index is 4.56. The van der Waals surface area contributed by atoms with Crippen molar-refractivity contribution in [3.63, 3.8) is 0 Å². The number of hydrogen-bond donors (Lipinski definition) is 2.